The molecule has 22 heavy (non-hydrogen) atoms. The van der Waals surface area contributed by atoms with Crippen molar-refractivity contribution < 1.29 is 13.2 Å². The fourth-order valence-electron chi connectivity index (χ4n) is 1.99. The van der Waals surface area contributed by atoms with E-state index >= 15 is 0 Å². The minimum atomic E-state index is -3.61. The molecule has 118 valence electrons. The lowest BCUT2D eigenvalue weighted by molar-refractivity contribution is 0.398. The molecule has 6 heteroatoms. The van der Waals surface area contributed by atoms with E-state index in [0.29, 0.717) is 17.5 Å². The summed E-state index contributed by atoms with van der Waals surface area (Å²) in [5, 5.41) is 0. The quantitative estimate of drug-likeness (QED) is 0.885. The van der Waals surface area contributed by atoms with Crippen LogP contribution in [0.3, 0.4) is 0 Å². The third-order valence-corrected chi connectivity index (χ3v) is 4.97. The van der Waals surface area contributed by atoms with E-state index < -0.39 is 10.0 Å². The van der Waals surface area contributed by atoms with Crippen LogP contribution < -0.4 is 9.46 Å². The van der Waals surface area contributed by atoms with Gasteiger partial charge in [0.2, 0.25) is 5.88 Å². The van der Waals surface area contributed by atoms with Gasteiger partial charge in [-0.3, -0.25) is 4.72 Å². The number of ether oxygens (including phenoxy) is 1. The Morgan fingerprint density at radius 3 is 2.36 bits per heavy atom. The van der Waals surface area contributed by atoms with Crippen LogP contribution in [0.5, 0.6) is 5.88 Å². The number of hydrogen-bond acceptors (Lipinski definition) is 4. The second-order valence-electron chi connectivity index (χ2n) is 5.07. The SMILES string of the molecule is CCC(C)c1ccc(S(=O)(=O)Nc2ccc(OC)nc2)cc1. The molecular formula is C16H20N2O3S. The van der Waals surface area contributed by atoms with Crippen LogP contribution in [0.25, 0.3) is 0 Å². The first-order valence-corrected chi connectivity index (χ1v) is 8.57. The maximum atomic E-state index is 12.3. The molecule has 0 saturated heterocycles. The summed E-state index contributed by atoms with van der Waals surface area (Å²) < 4.78 is 32.1. The van der Waals surface area contributed by atoms with Gasteiger partial charge < -0.3 is 4.74 Å². The third kappa shape index (κ3) is 3.76. The monoisotopic (exact) mass is 320 g/mol. The molecular weight excluding hydrogens is 300 g/mol. The Morgan fingerprint density at radius 2 is 1.86 bits per heavy atom. The van der Waals surface area contributed by atoms with Crippen molar-refractivity contribution in [2.24, 2.45) is 0 Å². The lowest BCUT2D eigenvalue weighted by atomic mass is 9.99. The smallest absolute Gasteiger partial charge is 0.261 e. The van der Waals surface area contributed by atoms with Gasteiger partial charge >= 0.3 is 0 Å². The van der Waals surface area contributed by atoms with Crippen molar-refractivity contribution in [2.45, 2.75) is 31.1 Å². The van der Waals surface area contributed by atoms with E-state index in [-0.39, 0.29) is 4.90 Å². The Hall–Kier alpha value is -2.08. The molecule has 2 rings (SSSR count). The summed E-state index contributed by atoms with van der Waals surface area (Å²) in [5.74, 6) is 0.844. The molecule has 0 radical (unpaired) electrons. The zero-order chi connectivity index (χ0) is 16.2. The van der Waals surface area contributed by atoms with E-state index in [2.05, 4.69) is 23.6 Å². The van der Waals surface area contributed by atoms with Crippen molar-refractivity contribution >= 4 is 15.7 Å². The van der Waals surface area contributed by atoms with Crippen LogP contribution in [0, 0.1) is 0 Å². The summed E-state index contributed by atoms with van der Waals surface area (Å²) in [6, 6.07) is 10.2. The number of nitrogens with zero attached hydrogens (tertiary/aromatic N) is 1. The zero-order valence-corrected chi connectivity index (χ0v) is 13.7. The highest BCUT2D eigenvalue weighted by Crippen LogP contribution is 2.22. The lowest BCUT2D eigenvalue weighted by Crippen LogP contribution is -2.13. The van der Waals surface area contributed by atoms with Crippen molar-refractivity contribution in [1.29, 1.82) is 0 Å². The van der Waals surface area contributed by atoms with Gasteiger partial charge in [-0.2, -0.15) is 0 Å². The molecule has 5 nitrogen and oxygen atoms in total. The van der Waals surface area contributed by atoms with E-state index in [4.69, 9.17) is 4.74 Å². The number of sulfonamides is 1. The molecule has 1 aromatic heterocycles. The van der Waals surface area contributed by atoms with Gasteiger partial charge in [-0.05, 0) is 36.1 Å². The molecule has 0 aliphatic heterocycles. The number of aromatic nitrogens is 1. The highest BCUT2D eigenvalue weighted by atomic mass is 32.2. The van der Waals surface area contributed by atoms with E-state index in [1.165, 1.54) is 13.3 Å². The Labute approximate surface area is 131 Å². The average molecular weight is 320 g/mol. The molecule has 1 aromatic carbocycles. The van der Waals surface area contributed by atoms with Crippen LogP contribution >= 0.6 is 0 Å². The zero-order valence-electron chi connectivity index (χ0n) is 12.9. The Morgan fingerprint density at radius 1 is 1.18 bits per heavy atom. The highest BCUT2D eigenvalue weighted by molar-refractivity contribution is 7.92. The van der Waals surface area contributed by atoms with Crippen molar-refractivity contribution in [3.05, 3.63) is 48.2 Å². The summed E-state index contributed by atoms with van der Waals surface area (Å²) in [6.45, 7) is 4.22. The fourth-order valence-corrected chi connectivity index (χ4v) is 3.03. The maximum Gasteiger partial charge on any atom is 0.261 e. The number of nitrogens with one attached hydrogen (secondary N) is 1. The van der Waals surface area contributed by atoms with Crippen molar-refractivity contribution in [3.63, 3.8) is 0 Å². The normalized spacial score (nSPS) is 12.7. The minimum Gasteiger partial charge on any atom is -0.481 e. The first-order valence-electron chi connectivity index (χ1n) is 7.09. The molecule has 1 unspecified atom stereocenters. The topological polar surface area (TPSA) is 68.3 Å². The van der Waals surface area contributed by atoms with E-state index in [9.17, 15) is 8.42 Å². The number of hydrogen-bond donors (Lipinski definition) is 1. The average Bonchev–Trinajstić information content (AvgIpc) is 2.54. The van der Waals surface area contributed by atoms with Crippen LogP contribution in [0.1, 0.15) is 31.7 Å². The Bertz CT molecular complexity index is 710. The molecule has 1 atom stereocenters. The Kier molecular flexibility index (Phi) is 5.03. The summed E-state index contributed by atoms with van der Waals surface area (Å²) >= 11 is 0. The van der Waals surface area contributed by atoms with Gasteiger partial charge in [0.15, 0.2) is 0 Å². The lowest BCUT2D eigenvalue weighted by Gasteiger charge is -2.11. The molecule has 0 fully saturated rings. The van der Waals surface area contributed by atoms with Crippen molar-refractivity contribution in [1.82, 2.24) is 4.98 Å². The van der Waals surface area contributed by atoms with Gasteiger partial charge in [0.05, 0.1) is 23.9 Å². The standard InChI is InChI=1S/C16H20N2O3S/c1-4-12(2)13-5-8-15(9-6-13)22(19,20)18-14-7-10-16(21-3)17-11-14/h5-12,18H,4H2,1-3H3. The molecule has 0 spiro atoms. The van der Waals surface area contributed by atoms with Gasteiger partial charge in [-0.25, -0.2) is 13.4 Å². The third-order valence-electron chi connectivity index (χ3n) is 3.57. The number of pyridine rings is 1. The molecule has 2 aromatic rings. The number of benzene rings is 1. The van der Waals surface area contributed by atoms with Crippen LogP contribution in [0.2, 0.25) is 0 Å². The van der Waals surface area contributed by atoms with Crippen LogP contribution in [0.4, 0.5) is 5.69 Å². The van der Waals surface area contributed by atoms with Crippen molar-refractivity contribution in [2.75, 3.05) is 11.8 Å². The summed E-state index contributed by atoms with van der Waals surface area (Å²) in [6.07, 6.45) is 2.44. The van der Waals surface area contributed by atoms with Gasteiger partial charge in [0, 0.05) is 6.07 Å². The first-order chi connectivity index (χ1) is 10.5. The number of methoxy groups -OCH3 is 1. The van der Waals surface area contributed by atoms with Crippen LogP contribution in [0.15, 0.2) is 47.5 Å². The van der Waals surface area contributed by atoms with Crippen LogP contribution in [-0.2, 0) is 10.0 Å². The van der Waals surface area contributed by atoms with Crippen molar-refractivity contribution in [3.8, 4) is 5.88 Å². The predicted octanol–water partition coefficient (Wildman–Crippen LogP) is 3.40. The molecule has 0 bridgehead atoms. The van der Waals surface area contributed by atoms with Gasteiger partial charge in [0.25, 0.3) is 10.0 Å². The summed E-state index contributed by atoms with van der Waals surface area (Å²) in [7, 11) is -2.11. The second-order valence-corrected chi connectivity index (χ2v) is 6.76. The minimum absolute atomic E-state index is 0.232. The molecule has 1 N–H and O–H groups in total. The van der Waals surface area contributed by atoms with Gasteiger partial charge in [-0.15, -0.1) is 0 Å². The molecule has 1 heterocycles. The van der Waals surface area contributed by atoms with Crippen LogP contribution in [-0.4, -0.2) is 20.5 Å². The number of anilines is 1. The summed E-state index contributed by atoms with van der Waals surface area (Å²) in [5.41, 5.74) is 1.53. The largest absolute Gasteiger partial charge is 0.481 e. The fraction of sp³-hybridized carbons (Fsp3) is 0.312. The second kappa shape index (κ2) is 6.79. The van der Waals surface area contributed by atoms with E-state index in [0.717, 1.165) is 12.0 Å². The first kappa shape index (κ1) is 16.3. The maximum absolute atomic E-state index is 12.3. The van der Waals surface area contributed by atoms with Gasteiger partial charge in [0.1, 0.15) is 0 Å². The highest BCUT2D eigenvalue weighted by Gasteiger charge is 2.15. The number of rotatable bonds is 6. The molecule has 0 amide bonds. The molecule has 0 aliphatic carbocycles. The van der Waals surface area contributed by atoms with E-state index in [1.807, 2.05) is 12.1 Å². The predicted molar refractivity (Wildman–Crippen MR) is 86.7 cm³/mol. The Balaban J connectivity index is 2.18. The molecule has 0 aliphatic rings. The molecule has 0 saturated carbocycles. The van der Waals surface area contributed by atoms with Gasteiger partial charge in [-0.1, -0.05) is 26.0 Å². The summed E-state index contributed by atoms with van der Waals surface area (Å²) in [4.78, 5) is 4.21. The van der Waals surface area contributed by atoms with E-state index in [1.54, 1.807) is 24.3 Å².